The fourth-order valence-corrected chi connectivity index (χ4v) is 2.76. The topological polar surface area (TPSA) is 55.1 Å². The van der Waals surface area contributed by atoms with Crippen molar-refractivity contribution in [2.45, 2.75) is 70.6 Å². The second-order valence-electron chi connectivity index (χ2n) is 5.60. The first-order valence-electron chi connectivity index (χ1n) is 7.79. The molecule has 1 amide bonds. The van der Waals surface area contributed by atoms with Crippen molar-refractivity contribution in [3.8, 4) is 0 Å². The van der Waals surface area contributed by atoms with E-state index in [0.717, 1.165) is 44.7 Å². The number of unbranched alkanes of at least 4 members (excludes halogenated alkanes) is 3. The van der Waals surface area contributed by atoms with Crippen molar-refractivity contribution in [2.75, 3.05) is 13.1 Å². The quantitative estimate of drug-likeness (QED) is 0.621. The average Bonchev–Trinajstić information content (AvgIpc) is 2.40. The van der Waals surface area contributed by atoms with Crippen LogP contribution in [-0.2, 0) is 4.79 Å². The van der Waals surface area contributed by atoms with Crippen LogP contribution in [0.25, 0.3) is 0 Å². The van der Waals surface area contributed by atoms with Gasteiger partial charge in [-0.05, 0) is 31.7 Å². The van der Waals surface area contributed by atoms with Crippen LogP contribution >= 0.6 is 0 Å². The SMILES string of the molecule is NCCCCCCC(=O)NCCC1CCCCC1. The highest BCUT2D eigenvalue weighted by atomic mass is 16.1. The number of rotatable bonds is 9. The number of hydrogen-bond donors (Lipinski definition) is 2. The standard InChI is InChI=1S/C15H30N2O/c16-12-7-2-1-6-10-15(18)17-13-11-14-8-4-3-5-9-14/h14H,1-13,16H2,(H,17,18). The zero-order valence-corrected chi connectivity index (χ0v) is 11.8. The number of hydrogen-bond acceptors (Lipinski definition) is 2. The Morgan fingerprint density at radius 3 is 2.50 bits per heavy atom. The molecule has 0 heterocycles. The molecule has 3 heteroatoms. The zero-order valence-electron chi connectivity index (χ0n) is 11.8. The van der Waals surface area contributed by atoms with Gasteiger partial charge in [-0.1, -0.05) is 44.9 Å². The third-order valence-electron chi connectivity index (χ3n) is 3.96. The van der Waals surface area contributed by atoms with E-state index in [-0.39, 0.29) is 5.91 Å². The van der Waals surface area contributed by atoms with E-state index in [0.29, 0.717) is 6.42 Å². The van der Waals surface area contributed by atoms with Gasteiger partial charge in [0.25, 0.3) is 0 Å². The van der Waals surface area contributed by atoms with E-state index < -0.39 is 0 Å². The van der Waals surface area contributed by atoms with Gasteiger partial charge in [0.2, 0.25) is 5.91 Å². The lowest BCUT2D eigenvalue weighted by Crippen LogP contribution is -2.26. The van der Waals surface area contributed by atoms with Crippen molar-refractivity contribution < 1.29 is 4.79 Å². The van der Waals surface area contributed by atoms with Crippen LogP contribution in [-0.4, -0.2) is 19.0 Å². The molecule has 0 radical (unpaired) electrons. The predicted octanol–water partition coefficient (Wildman–Crippen LogP) is 2.98. The molecular formula is C15H30N2O. The Balaban J connectivity index is 1.89. The van der Waals surface area contributed by atoms with E-state index in [1.54, 1.807) is 0 Å². The van der Waals surface area contributed by atoms with Crippen LogP contribution in [0.2, 0.25) is 0 Å². The van der Waals surface area contributed by atoms with Gasteiger partial charge in [-0.15, -0.1) is 0 Å². The number of nitrogens with one attached hydrogen (secondary N) is 1. The van der Waals surface area contributed by atoms with Gasteiger partial charge < -0.3 is 11.1 Å². The molecule has 0 aromatic heterocycles. The molecule has 0 aromatic rings. The first kappa shape index (κ1) is 15.5. The van der Waals surface area contributed by atoms with Gasteiger partial charge in [-0.2, -0.15) is 0 Å². The molecule has 3 N–H and O–H groups in total. The molecule has 1 fully saturated rings. The molecule has 1 rings (SSSR count). The van der Waals surface area contributed by atoms with Crippen LogP contribution < -0.4 is 11.1 Å². The lowest BCUT2D eigenvalue weighted by atomic mass is 9.87. The van der Waals surface area contributed by atoms with Gasteiger partial charge in [0.05, 0.1) is 0 Å². The van der Waals surface area contributed by atoms with Crippen LogP contribution in [0.3, 0.4) is 0 Å². The highest BCUT2D eigenvalue weighted by Gasteiger charge is 2.13. The lowest BCUT2D eigenvalue weighted by molar-refractivity contribution is -0.121. The summed E-state index contributed by atoms with van der Waals surface area (Å²) in [4.78, 5) is 11.6. The summed E-state index contributed by atoms with van der Waals surface area (Å²) in [6.45, 7) is 1.65. The molecule has 0 saturated heterocycles. The zero-order chi connectivity index (χ0) is 13.1. The molecule has 1 saturated carbocycles. The third-order valence-corrected chi connectivity index (χ3v) is 3.96. The number of nitrogens with two attached hydrogens (primary N) is 1. The van der Waals surface area contributed by atoms with Crippen LogP contribution in [0.5, 0.6) is 0 Å². The summed E-state index contributed by atoms with van der Waals surface area (Å²) >= 11 is 0. The van der Waals surface area contributed by atoms with Crippen LogP contribution in [0.1, 0.15) is 70.6 Å². The van der Waals surface area contributed by atoms with E-state index in [9.17, 15) is 4.79 Å². The fraction of sp³-hybridized carbons (Fsp3) is 0.933. The van der Waals surface area contributed by atoms with Crippen LogP contribution in [0.15, 0.2) is 0 Å². The molecule has 0 aliphatic heterocycles. The van der Waals surface area contributed by atoms with Gasteiger partial charge in [-0.3, -0.25) is 4.79 Å². The fourth-order valence-electron chi connectivity index (χ4n) is 2.76. The van der Waals surface area contributed by atoms with Crippen molar-refractivity contribution in [1.82, 2.24) is 5.32 Å². The largest absolute Gasteiger partial charge is 0.356 e. The van der Waals surface area contributed by atoms with E-state index in [2.05, 4.69) is 5.32 Å². The summed E-state index contributed by atoms with van der Waals surface area (Å²) in [5.74, 6) is 1.10. The Morgan fingerprint density at radius 2 is 1.78 bits per heavy atom. The maximum absolute atomic E-state index is 11.6. The Bertz CT molecular complexity index is 213. The van der Waals surface area contributed by atoms with Crippen molar-refractivity contribution >= 4 is 5.91 Å². The number of carbonyl (C=O) groups excluding carboxylic acids is 1. The smallest absolute Gasteiger partial charge is 0.219 e. The van der Waals surface area contributed by atoms with E-state index in [4.69, 9.17) is 5.73 Å². The van der Waals surface area contributed by atoms with Crippen molar-refractivity contribution in [1.29, 1.82) is 0 Å². The highest BCUT2D eigenvalue weighted by Crippen LogP contribution is 2.25. The lowest BCUT2D eigenvalue weighted by Gasteiger charge is -2.21. The van der Waals surface area contributed by atoms with Crippen LogP contribution in [0, 0.1) is 5.92 Å². The Morgan fingerprint density at radius 1 is 1.06 bits per heavy atom. The monoisotopic (exact) mass is 254 g/mol. The van der Waals surface area contributed by atoms with Crippen molar-refractivity contribution in [3.05, 3.63) is 0 Å². The maximum Gasteiger partial charge on any atom is 0.219 e. The van der Waals surface area contributed by atoms with Crippen molar-refractivity contribution in [2.24, 2.45) is 11.7 Å². The molecule has 106 valence electrons. The average molecular weight is 254 g/mol. The molecule has 0 unspecified atom stereocenters. The van der Waals surface area contributed by atoms with Crippen molar-refractivity contribution in [3.63, 3.8) is 0 Å². The Labute approximate surface area is 112 Å². The molecule has 0 aromatic carbocycles. The first-order chi connectivity index (χ1) is 8.83. The summed E-state index contributed by atoms with van der Waals surface area (Å²) in [6.07, 6.45) is 13.2. The molecule has 3 nitrogen and oxygen atoms in total. The molecule has 1 aliphatic rings. The molecule has 0 bridgehead atoms. The molecule has 1 aliphatic carbocycles. The molecular weight excluding hydrogens is 224 g/mol. The van der Waals surface area contributed by atoms with E-state index >= 15 is 0 Å². The third kappa shape index (κ3) is 7.70. The normalized spacial score (nSPS) is 16.7. The Hall–Kier alpha value is -0.570. The molecule has 0 spiro atoms. The van der Waals surface area contributed by atoms with Gasteiger partial charge in [-0.25, -0.2) is 0 Å². The molecule has 0 atom stereocenters. The summed E-state index contributed by atoms with van der Waals surface area (Å²) in [5, 5.41) is 3.06. The minimum Gasteiger partial charge on any atom is -0.356 e. The van der Waals surface area contributed by atoms with E-state index in [1.807, 2.05) is 0 Å². The van der Waals surface area contributed by atoms with E-state index in [1.165, 1.54) is 38.5 Å². The van der Waals surface area contributed by atoms with Gasteiger partial charge in [0.1, 0.15) is 0 Å². The summed E-state index contributed by atoms with van der Waals surface area (Å²) < 4.78 is 0. The van der Waals surface area contributed by atoms with Gasteiger partial charge >= 0.3 is 0 Å². The second kappa shape index (κ2) is 10.4. The Kier molecular flexibility index (Phi) is 8.92. The summed E-state index contributed by atoms with van der Waals surface area (Å²) in [6, 6.07) is 0. The van der Waals surface area contributed by atoms with Crippen LogP contribution in [0.4, 0.5) is 0 Å². The minimum absolute atomic E-state index is 0.235. The van der Waals surface area contributed by atoms with Gasteiger partial charge in [0.15, 0.2) is 0 Å². The second-order valence-corrected chi connectivity index (χ2v) is 5.60. The minimum atomic E-state index is 0.235. The molecule has 18 heavy (non-hydrogen) atoms. The predicted molar refractivity (Wildman–Crippen MR) is 76.3 cm³/mol. The maximum atomic E-state index is 11.6. The summed E-state index contributed by atoms with van der Waals surface area (Å²) in [5.41, 5.74) is 5.43. The number of carbonyl (C=O) groups is 1. The first-order valence-corrected chi connectivity index (χ1v) is 7.79. The highest BCUT2D eigenvalue weighted by molar-refractivity contribution is 5.75. The summed E-state index contributed by atoms with van der Waals surface area (Å²) in [7, 11) is 0. The van der Waals surface area contributed by atoms with Gasteiger partial charge in [0, 0.05) is 13.0 Å². The number of amides is 1.